The van der Waals surface area contributed by atoms with Crippen LogP contribution in [0.2, 0.25) is 5.02 Å². The number of amides is 1. The SMILES string of the molecule is CCN(CC)S(=O)(=O)c1ccc(Cl)c(NC(=S)NC(=O)C23CC4CC(CC(C4)C2)C3)c1. The molecule has 0 saturated heterocycles. The van der Waals surface area contributed by atoms with E-state index in [9.17, 15) is 13.2 Å². The van der Waals surface area contributed by atoms with Crippen molar-refractivity contribution in [1.29, 1.82) is 0 Å². The lowest BCUT2D eigenvalue weighted by molar-refractivity contribution is -0.144. The number of carbonyl (C=O) groups excluding carboxylic acids is 1. The van der Waals surface area contributed by atoms with Crippen LogP contribution in [0.15, 0.2) is 23.1 Å². The Morgan fingerprint density at radius 3 is 2.19 bits per heavy atom. The summed E-state index contributed by atoms with van der Waals surface area (Å²) in [6, 6.07) is 4.49. The van der Waals surface area contributed by atoms with E-state index in [4.69, 9.17) is 23.8 Å². The first-order chi connectivity index (χ1) is 14.7. The molecule has 4 saturated carbocycles. The van der Waals surface area contributed by atoms with Crippen molar-refractivity contribution in [2.75, 3.05) is 18.4 Å². The Kier molecular flexibility index (Phi) is 6.38. The second-order valence-corrected chi connectivity index (χ2v) is 12.1. The summed E-state index contributed by atoms with van der Waals surface area (Å²) in [4.78, 5) is 13.3. The standard InChI is InChI=1S/C22H30ClN3O3S2/c1-3-26(4-2)31(28,29)17-5-6-18(23)19(10-17)24-21(30)25-20(27)22-11-14-7-15(12-22)9-16(8-14)13-22/h5-6,10,14-16H,3-4,7-9,11-13H2,1-2H3,(H2,24,25,27,30). The molecule has 2 N–H and O–H groups in total. The first kappa shape index (κ1) is 23.0. The number of benzene rings is 1. The number of halogens is 1. The number of nitrogens with one attached hydrogen (secondary N) is 2. The lowest BCUT2D eigenvalue weighted by atomic mass is 9.49. The second kappa shape index (κ2) is 8.61. The van der Waals surface area contributed by atoms with E-state index in [1.54, 1.807) is 13.8 Å². The third-order valence-electron chi connectivity index (χ3n) is 7.28. The van der Waals surface area contributed by atoms with Crippen LogP contribution in [-0.2, 0) is 14.8 Å². The summed E-state index contributed by atoms with van der Waals surface area (Å²) in [5, 5.41) is 6.31. The Bertz CT molecular complexity index is 956. The highest BCUT2D eigenvalue weighted by Gasteiger charge is 2.54. The third-order valence-corrected chi connectivity index (χ3v) is 9.86. The molecule has 1 amide bonds. The summed E-state index contributed by atoms with van der Waals surface area (Å²) >= 11 is 11.7. The van der Waals surface area contributed by atoms with E-state index in [-0.39, 0.29) is 21.3 Å². The van der Waals surface area contributed by atoms with Crippen LogP contribution in [0.5, 0.6) is 0 Å². The summed E-state index contributed by atoms with van der Waals surface area (Å²) in [7, 11) is -3.63. The van der Waals surface area contributed by atoms with Crippen LogP contribution in [0.4, 0.5) is 5.69 Å². The molecule has 170 valence electrons. The van der Waals surface area contributed by atoms with Crippen molar-refractivity contribution < 1.29 is 13.2 Å². The maximum Gasteiger partial charge on any atom is 0.243 e. The van der Waals surface area contributed by atoms with Gasteiger partial charge in [0.2, 0.25) is 15.9 Å². The maximum atomic E-state index is 13.2. The molecule has 6 nitrogen and oxygen atoms in total. The smallest absolute Gasteiger partial charge is 0.243 e. The lowest BCUT2D eigenvalue weighted by Crippen LogP contribution is -2.55. The lowest BCUT2D eigenvalue weighted by Gasteiger charge is -2.55. The minimum absolute atomic E-state index is 0.00728. The molecule has 1 aromatic carbocycles. The van der Waals surface area contributed by atoms with Crippen molar-refractivity contribution >= 4 is 50.5 Å². The fourth-order valence-electron chi connectivity index (χ4n) is 6.25. The summed E-state index contributed by atoms with van der Waals surface area (Å²) in [6.45, 7) is 4.35. The van der Waals surface area contributed by atoms with E-state index in [1.165, 1.54) is 41.8 Å². The molecule has 31 heavy (non-hydrogen) atoms. The molecule has 0 heterocycles. The van der Waals surface area contributed by atoms with Crippen LogP contribution in [0.1, 0.15) is 52.4 Å². The Morgan fingerprint density at radius 2 is 1.68 bits per heavy atom. The van der Waals surface area contributed by atoms with E-state index < -0.39 is 10.0 Å². The van der Waals surface area contributed by atoms with Crippen molar-refractivity contribution in [3.63, 3.8) is 0 Å². The van der Waals surface area contributed by atoms with Gasteiger partial charge in [0.1, 0.15) is 0 Å². The van der Waals surface area contributed by atoms with Gasteiger partial charge in [0.15, 0.2) is 5.11 Å². The minimum Gasteiger partial charge on any atom is -0.331 e. The average Bonchev–Trinajstić information content (AvgIpc) is 2.69. The zero-order valence-corrected chi connectivity index (χ0v) is 20.4. The number of hydrogen-bond donors (Lipinski definition) is 2. The maximum absolute atomic E-state index is 13.2. The van der Waals surface area contributed by atoms with Crippen LogP contribution in [0, 0.1) is 23.2 Å². The van der Waals surface area contributed by atoms with Gasteiger partial charge in [-0.1, -0.05) is 25.4 Å². The molecule has 0 atom stereocenters. The fourth-order valence-corrected chi connectivity index (χ4v) is 8.10. The summed E-state index contributed by atoms with van der Waals surface area (Å²) < 4.78 is 27.0. The largest absolute Gasteiger partial charge is 0.331 e. The first-order valence-electron chi connectivity index (χ1n) is 11.1. The van der Waals surface area contributed by atoms with Crippen LogP contribution < -0.4 is 10.6 Å². The van der Waals surface area contributed by atoms with Crippen LogP contribution in [0.3, 0.4) is 0 Å². The molecule has 4 bridgehead atoms. The van der Waals surface area contributed by atoms with E-state index in [2.05, 4.69) is 10.6 Å². The molecule has 0 aliphatic heterocycles. The molecule has 0 aromatic heterocycles. The summed E-state index contributed by atoms with van der Waals surface area (Å²) in [6.07, 6.45) is 6.64. The average molecular weight is 484 g/mol. The van der Waals surface area contributed by atoms with Crippen molar-refractivity contribution in [2.24, 2.45) is 23.2 Å². The predicted molar refractivity (Wildman–Crippen MR) is 127 cm³/mol. The van der Waals surface area contributed by atoms with E-state index >= 15 is 0 Å². The first-order valence-corrected chi connectivity index (χ1v) is 13.3. The highest BCUT2D eigenvalue weighted by molar-refractivity contribution is 7.89. The van der Waals surface area contributed by atoms with Crippen molar-refractivity contribution in [3.8, 4) is 0 Å². The Labute approximate surface area is 195 Å². The molecule has 4 fully saturated rings. The number of rotatable bonds is 6. The third kappa shape index (κ3) is 4.36. The number of thiocarbonyl (C=S) groups is 1. The van der Waals surface area contributed by atoms with Gasteiger partial charge in [-0.2, -0.15) is 4.31 Å². The van der Waals surface area contributed by atoms with Gasteiger partial charge in [0.05, 0.1) is 21.0 Å². The van der Waals surface area contributed by atoms with Gasteiger partial charge in [-0.25, -0.2) is 8.42 Å². The predicted octanol–water partition coefficient (Wildman–Crippen LogP) is 4.40. The van der Waals surface area contributed by atoms with E-state index in [1.807, 2.05) is 0 Å². The zero-order valence-electron chi connectivity index (χ0n) is 18.0. The molecule has 0 unspecified atom stereocenters. The van der Waals surface area contributed by atoms with Crippen LogP contribution >= 0.6 is 23.8 Å². The number of anilines is 1. The molecule has 9 heteroatoms. The van der Waals surface area contributed by atoms with Gasteiger partial charge in [0, 0.05) is 13.1 Å². The van der Waals surface area contributed by atoms with Crippen LogP contribution in [-0.4, -0.2) is 36.8 Å². The second-order valence-electron chi connectivity index (χ2n) is 9.34. The normalized spacial score (nSPS) is 29.2. The number of hydrogen-bond acceptors (Lipinski definition) is 4. The zero-order chi connectivity index (χ0) is 22.4. The summed E-state index contributed by atoms with van der Waals surface area (Å²) in [5.41, 5.74) is 0.0591. The van der Waals surface area contributed by atoms with E-state index in [0.717, 1.165) is 19.3 Å². The molecule has 0 spiro atoms. The van der Waals surface area contributed by atoms with Gasteiger partial charge >= 0.3 is 0 Å². The number of carbonyl (C=O) groups is 1. The molecular weight excluding hydrogens is 454 g/mol. The van der Waals surface area contributed by atoms with Gasteiger partial charge in [0.25, 0.3) is 0 Å². The van der Waals surface area contributed by atoms with Gasteiger partial charge in [-0.3, -0.25) is 4.79 Å². The fraction of sp³-hybridized carbons (Fsp3) is 0.636. The van der Waals surface area contributed by atoms with Crippen LogP contribution in [0.25, 0.3) is 0 Å². The molecule has 0 radical (unpaired) electrons. The van der Waals surface area contributed by atoms with Crippen molar-refractivity contribution in [2.45, 2.75) is 57.3 Å². The molecular formula is C22H30ClN3O3S2. The molecule has 5 rings (SSSR count). The van der Waals surface area contributed by atoms with E-state index in [0.29, 0.717) is 41.6 Å². The monoisotopic (exact) mass is 483 g/mol. The van der Waals surface area contributed by atoms with Crippen molar-refractivity contribution in [1.82, 2.24) is 9.62 Å². The Balaban J connectivity index is 1.47. The Morgan fingerprint density at radius 1 is 1.13 bits per heavy atom. The highest BCUT2D eigenvalue weighted by Crippen LogP contribution is 2.60. The molecule has 4 aliphatic rings. The quantitative estimate of drug-likeness (QED) is 0.586. The number of sulfonamides is 1. The van der Waals surface area contributed by atoms with Gasteiger partial charge < -0.3 is 10.6 Å². The number of nitrogens with zero attached hydrogens (tertiary/aromatic N) is 1. The molecule has 4 aliphatic carbocycles. The highest BCUT2D eigenvalue weighted by atomic mass is 35.5. The van der Waals surface area contributed by atoms with Crippen molar-refractivity contribution in [3.05, 3.63) is 23.2 Å². The Hall–Kier alpha value is -1.22. The van der Waals surface area contributed by atoms with Gasteiger partial charge in [-0.15, -0.1) is 0 Å². The van der Waals surface area contributed by atoms with Gasteiger partial charge in [-0.05, 0) is 86.7 Å². The molecule has 1 aromatic rings. The minimum atomic E-state index is -3.63. The topological polar surface area (TPSA) is 78.5 Å². The summed E-state index contributed by atoms with van der Waals surface area (Å²) in [5.74, 6) is 1.98.